The molecule has 2 rings (SSSR count). The van der Waals surface area contributed by atoms with Crippen molar-refractivity contribution >= 4 is 12.6 Å². The fraction of sp³-hybridized carbons (Fsp3) is 1.00. The molecule has 2 fully saturated rings. The monoisotopic (exact) mass is 256 g/mol. The lowest BCUT2D eigenvalue weighted by molar-refractivity contribution is 0.0207. The van der Waals surface area contributed by atoms with Crippen molar-refractivity contribution in [2.24, 2.45) is 5.41 Å². The summed E-state index contributed by atoms with van der Waals surface area (Å²) >= 11 is 4.62. The summed E-state index contributed by atoms with van der Waals surface area (Å²) in [5, 5.41) is 0. The van der Waals surface area contributed by atoms with Gasteiger partial charge in [0.2, 0.25) is 0 Å². The van der Waals surface area contributed by atoms with E-state index in [1.54, 1.807) is 0 Å². The molecule has 0 N–H and O–H groups in total. The summed E-state index contributed by atoms with van der Waals surface area (Å²) in [6.07, 6.45) is 5.61. The van der Waals surface area contributed by atoms with Crippen LogP contribution in [0.3, 0.4) is 0 Å². The standard InChI is InChI=1S/C14H28N2S/c1-13(2)10-16(9-8-15(13)3)11-14(12-17)6-4-5-7-14/h17H,4-12H2,1-3H3. The summed E-state index contributed by atoms with van der Waals surface area (Å²) in [5.41, 5.74) is 0.851. The zero-order valence-corrected chi connectivity index (χ0v) is 12.6. The molecule has 100 valence electrons. The molecule has 0 aromatic carbocycles. The van der Waals surface area contributed by atoms with Crippen LogP contribution in [0, 0.1) is 5.41 Å². The summed E-state index contributed by atoms with van der Waals surface area (Å²) in [5.74, 6) is 1.07. The Kier molecular flexibility index (Phi) is 4.11. The third-order valence-corrected chi connectivity index (χ3v) is 5.63. The Morgan fingerprint density at radius 1 is 1.12 bits per heavy atom. The summed E-state index contributed by atoms with van der Waals surface area (Å²) in [6, 6.07) is 0. The van der Waals surface area contributed by atoms with Gasteiger partial charge in [-0.05, 0) is 44.9 Å². The minimum Gasteiger partial charge on any atom is -0.300 e. The van der Waals surface area contributed by atoms with Crippen LogP contribution < -0.4 is 0 Å². The molecule has 1 aliphatic carbocycles. The molecule has 0 radical (unpaired) electrons. The third kappa shape index (κ3) is 2.99. The number of hydrogen-bond donors (Lipinski definition) is 1. The van der Waals surface area contributed by atoms with E-state index in [-0.39, 0.29) is 0 Å². The first-order valence-electron chi connectivity index (χ1n) is 7.02. The maximum atomic E-state index is 4.62. The molecule has 0 atom stereocenters. The largest absolute Gasteiger partial charge is 0.300 e. The summed E-state index contributed by atoms with van der Waals surface area (Å²) in [6.45, 7) is 9.64. The Bertz CT molecular complexity index is 259. The minimum absolute atomic E-state index is 0.328. The average molecular weight is 256 g/mol. The van der Waals surface area contributed by atoms with Crippen LogP contribution in [0.1, 0.15) is 39.5 Å². The average Bonchev–Trinajstić information content (AvgIpc) is 2.72. The van der Waals surface area contributed by atoms with E-state index in [2.05, 4.69) is 43.3 Å². The van der Waals surface area contributed by atoms with E-state index in [1.165, 1.54) is 51.9 Å². The fourth-order valence-electron chi connectivity index (χ4n) is 3.44. The Hall–Kier alpha value is 0.270. The van der Waals surface area contributed by atoms with E-state index in [0.29, 0.717) is 11.0 Å². The van der Waals surface area contributed by atoms with Crippen molar-refractivity contribution in [1.82, 2.24) is 9.80 Å². The van der Waals surface area contributed by atoms with Gasteiger partial charge in [-0.2, -0.15) is 12.6 Å². The smallest absolute Gasteiger partial charge is 0.0277 e. The van der Waals surface area contributed by atoms with Gasteiger partial charge >= 0.3 is 0 Å². The van der Waals surface area contributed by atoms with Gasteiger partial charge in [-0.1, -0.05) is 12.8 Å². The van der Waals surface area contributed by atoms with Gasteiger partial charge in [0.15, 0.2) is 0 Å². The van der Waals surface area contributed by atoms with Crippen LogP contribution in [0.15, 0.2) is 0 Å². The predicted molar refractivity (Wildman–Crippen MR) is 77.9 cm³/mol. The first kappa shape index (κ1) is 13.7. The number of thiol groups is 1. The van der Waals surface area contributed by atoms with Gasteiger partial charge in [-0.25, -0.2) is 0 Å². The van der Waals surface area contributed by atoms with Crippen molar-refractivity contribution in [3.8, 4) is 0 Å². The Balaban J connectivity index is 1.95. The second kappa shape index (κ2) is 5.10. The molecule has 2 aliphatic rings. The maximum absolute atomic E-state index is 4.62. The van der Waals surface area contributed by atoms with E-state index in [4.69, 9.17) is 0 Å². The van der Waals surface area contributed by atoms with Crippen LogP contribution >= 0.6 is 12.6 Å². The van der Waals surface area contributed by atoms with E-state index < -0.39 is 0 Å². The Morgan fingerprint density at radius 3 is 2.29 bits per heavy atom. The van der Waals surface area contributed by atoms with Crippen molar-refractivity contribution in [1.29, 1.82) is 0 Å². The molecule has 0 aromatic heterocycles. The SMILES string of the molecule is CN1CCN(CC2(CS)CCCC2)CC1(C)C. The molecule has 1 saturated heterocycles. The van der Waals surface area contributed by atoms with Crippen molar-refractivity contribution in [2.75, 3.05) is 39.0 Å². The lowest BCUT2D eigenvalue weighted by Crippen LogP contribution is -2.59. The first-order chi connectivity index (χ1) is 7.97. The van der Waals surface area contributed by atoms with Gasteiger partial charge in [0.05, 0.1) is 0 Å². The van der Waals surface area contributed by atoms with Crippen LogP contribution in [-0.4, -0.2) is 54.3 Å². The van der Waals surface area contributed by atoms with Gasteiger partial charge in [0.25, 0.3) is 0 Å². The van der Waals surface area contributed by atoms with Crippen LogP contribution in [-0.2, 0) is 0 Å². The lowest BCUT2D eigenvalue weighted by Gasteiger charge is -2.47. The molecule has 3 heteroatoms. The number of nitrogens with zero attached hydrogens (tertiary/aromatic N) is 2. The molecule has 1 saturated carbocycles. The third-order valence-electron chi connectivity index (χ3n) is 4.95. The van der Waals surface area contributed by atoms with Crippen molar-refractivity contribution in [2.45, 2.75) is 45.1 Å². The molecule has 17 heavy (non-hydrogen) atoms. The van der Waals surface area contributed by atoms with Gasteiger partial charge in [0.1, 0.15) is 0 Å². The summed E-state index contributed by atoms with van der Waals surface area (Å²) in [7, 11) is 2.25. The molecule has 0 bridgehead atoms. The zero-order chi connectivity index (χ0) is 12.5. The highest BCUT2D eigenvalue weighted by Gasteiger charge is 2.38. The van der Waals surface area contributed by atoms with Gasteiger partial charge in [0, 0.05) is 31.7 Å². The van der Waals surface area contributed by atoms with E-state index in [9.17, 15) is 0 Å². The summed E-state index contributed by atoms with van der Waals surface area (Å²) in [4.78, 5) is 5.17. The van der Waals surface area contributed by atoms with E-state index >= 15 is 0 Å². The quantitative estimate of drug-likeness (QED) is 0.775. The highest BCUT2D eigenvalue weighted by molar-refractivity contribution is 7.80. The maximum Gasteiger partial charge on any atom is 0.0277 e. The molecular weight excluding hydrogens is 228 g/mol. The summed E-state index contributed by atoms with van der Waals surface area (Å²) < 4.78 is 0. The van der Waals surface area contributed by atoms with Crippen molar-refractivity contribution in [3.63, 3.8) is 0 Å². The highest BCUT2D eigenvalue weighted by atomic mass is 32.1. The molecule has 0 spiro atoms. The molecule has 0 amide bonds. The first-order valence-corrected chi connectivity index (χ1v) is 7.65. The highest BCUT2D eigenvalue weighted by Crippen LogP contribution is 2.40. The van der Waals surface area contributed by atoms with Crippen LogP contribution in [0.25, 0.3) is 0 Å². The topological polar surface area (TPSA) is 6.48 Å². The minimum atomic E-state index is 0.328. The number of hydrogen-bond acceptors (Lipinski definition) is 3. The Morgan fingerprint density at radius 2 is 1.76 bits per heavy atom. The molecular formula is C14H28N2S. The van der Waals surface area contributed by atoms with Gasteiger partial charge in [-0.3, -0.25) is 9.80 Å². The predicted octanol–water partition coefficient (Wildman–Crippen LogP) is 2.50. The lowest BCUT2D eigenvalue weighted by atomic mass is 9.86. The molecule has 2 nitrogen and oxygen atoms in total. The number of likely N-dealkylation sites (N-methyl/N-ethyl adjacent to an activating group) is 1. The van der Waals surface area contributed by atoms with Crippen molar-refractivity contribution < 1.29 is 0 Å². The van der Waals surface area contributed by atoms with Gasteiger partial charge < -0.3 is 0 Å². The normalized spacial score (nSPS) is 29.6. The second-order valence-electron chi connectivity index (χ2n) is 6.81. The molecule has 0 unspecified atom stereocenters. The molecule has 0 aromatic rings. The van der Waals surface area contributed by atoms with E-state index in [0.717, 1.165) is 5.75 Å². The fourth-order valence-corrected chi connectivity index (χ4v) is 3.86. The van der Waals surface area contributed by atoms with Crippen molar-refractivity contribution in [3.05, 3.63) is 0 Å². The number of piperazine rings is 1. The van der Waals surface area contributed by atoms with Crippen LogP contribution in [0.5, 0.6) is 0 Å². The van der Waals surface area contributed by atoms with Gasteiger partial charge in [-0.15, -0.1) is 0 Å². The Labute approximate surface area is 112 Å². The van der Waals surface area contributed by atoms with E-state index in [1.807, 2.05) is 0 Å². The van der Waals surface area contributed by atoms with Crippen LogP contribution in [0.4, 0.5) is 0 Å². The van der Waals surface area contributed by atoms with Crippen LogP contribution in [0.2, 0.25) is 0 Å². The number of rotatable bonds is 3. The second-order valence-corrected chi connectivity index (χ2v) is 7.13. The zero-order valence-electron chi connectivity index (χ0n) is 11.7. The molecule has 1 aliphatic heterocycles. The molecule has 1 heterocycles.